The Labute approximate surface area is 186 Å². The lowest BCUT2D eigenvalue weighted by molar-refractivity contribution is -0.00000714. The lowest BCUT2D eigenvalue weighted by Gasteiger charge is -2.31. The van der Waals surface area contributed by atoms with Gasteiger partial charge in [0.25, 0.3) is 0 Å². The molecule has 0 N–H and O–H groups in total. The van der Waals surface area contributed by atoms with Gasteiger partial charge in [-0.1, -0.05) is 105 Å². The van der Waals surface area contributed by atoms with E-state index < -0.39 is 7.26 Å². The van der Waals surface area contributed by atoms with Crippen molar-refractivity contribution in [2.24, 2.45) is 0 Å². The minimum atomic E-state index is -0.931. The molecule has 0 aromatic carbocycles. The van der Waals surface area contributed by atoms with E-state index in [1.165, 1.54) is 115 Å². The molecule has 0 amide bonds. The molecule has 0 aromatic rings. The summed E-state index contributed by atoms with van der Waals surface area (Å²) in [5.74, 6) is 0.583. The van der Waals surface area contributed by atoms with Crippen LogP contribution in [0, 0.1) is 0 Å². The summed E-state index contributed by atoms with van der Waals surface area (Å²) in [5.41, 5.74) is 0. The maximum Gasteiger partial charge on any atom is 0.166 e. The van der Waals surface area contributed by atoms with E-state index in [0.29, 0.717) is 5.85 Å². The number of hydrogen-bond donors (Lipinski definition) is 0. The van der Waals surface area contributed by atoms with Gasteiger partial charge in [0.2, 0.25) is 0 Å². The van der Waals surface area contributed by atoms with Crippen molar-refractivity contribution in [3.63, 3.8) is 0 Å². The molecule has 0 aliphatic carbocycles. The fourth-order valence-electron chi connectivity index (χ4n) is 4.07. The van der Waals surface area contributed by atoms with Crippen molar-refractivity contribution < 1.29 is 17.1 Å². The van der Waals surface area contributed by atoms with Crippen molar-refractivity contribution in [1.82, 2.24) is 0 Å². The molecule has 0 spiro atoms. The summed E-state index contributed by atoms with van der Waals surface area (Å²) in [6, 6.07) is 0. The zero-order valence-corrected chi connectivity index (χ0v) is 21.9. The number of unbranched alkanes of at least 4 members (excludes halogenated alkanes) is 11. The molecule has 3 heteroatoms. The van der Waals surface area contributed by atoms with E-state index in [4.69, 9.17) is 4.74 Å². The molecule has 0 rings (SSSR count). The smallest absolute Gasteiger partial charge is 0.166 e. The molecule has 0 heterocycles. The minimum absolute atomic E-state index is 0. The number of halogens is 1. The Morgan fingerprint density at radius 3 is 1.43 bits per heavy atom. The zero-order valence-electron chi connectivity index (χ0n) is 20.2. The van der Waals surface area contributed by atoms with E-state index >= 15 is 0 Å². The summed E-state index contributed by atoms with van der Waals surface area (Å²) in [6.45, 7) is 12.9. The SMILES string of the molecule is CCCCCCCCCCCCOC(CCC)[P+](C)(CCCC)CCCC.[Cl-]. The average molecular weight is 437 g/mol. The van der Waals surface area contributed by atoms with Gasteiger partial charge in [0.05, 0.1) is 25.6 Å². The Hall–Kier alpha value is 0.680. The zero-order chi connectivity index (χ0) is 20.2. The molecular formula is C25H54ClOP. The van der Waals surface area contributed by atoms with Crippen molar-refractivity contribution in [3.05, 3.63) is 0 Å². The molecule has 1 atom stereocenters. The Morgan fingerprint density at radius 1 is 0.571 bits per heavy atom. The van der Waals surface area contributed by atoms with E-state index in [2.05, 4.69) is 34.4 Å². The first kappa shape index (κ1) is 30.9. The highest BCUT2D eigenvalue weighted by molar-refractivity contribution is 7.75. The minimum Gasteiger partial charge on any atom is -1.00 e. The third kappa shape index (κ3) is 16.5. The lowest BCUT2D eigenvalue weighted by atomic mass is 10.1. The summed E-state index contributed by atoms with van der Waals surface area (Å²) >= 11 is 0. The maximum atomic E-state index is 6.56. The van der Waals surface area contributed by atoms with Gasteiger partial charge in [-0.2, -0.15) is 0 Å². The second kappa shape index (κ2) is 22.4. The topological polar surface area (TPSA) is 9.23 Å². The van der Waals surface area contributed by atoms with Crippen LogP contribution in [0.1, 0.15) is 130 Å². The van der Waals surface area contributed by atoms with Crippen molar-refractivity contribution in [2.45, 2.75) is 136 Å². The second-order valence-electron chi connectivity index (χ2n) is 8.93. The van der Waals surface area contributed by atoms with Crippen LogP contribution in [0.5, 0.6) is 0 Å². The van der Waals surface area contributed by atoms with Crippen molar-refractivity contribution >= 4 is 7.26 Å². The van der Waals surface area contributed by atoms with E-state index in [0.717, 1.165) is 6.61 Å². The van der Waals surface area contributed by atoms with Gasteiger partial charge in [-0.25, -0.2) is 0 Å². The third-order valence-corrected chi connectivity index (χ3v) is 10.6. The lowest BCUT2D eigenvalue weighted by Crippen LogP contribution is -3.00. The van der Waals surface area contributed by atoms with Crippen LogP contribution >= 0.6 is 7.26 Å². The van der Waals surface area contributed by atoms with E-state index in [-0.39, 0.29) is 12.4 Å². The van der Waals surface area contributed by atoms with Crippen LogP contribution in [0.15, 0.2) is 0 Å². The summed E-state index contributed by atoms with van der Waals surface area (Å²) in [4.78, 5) is 0. The number of ether oxygens (including phenoxy) is 1. The van der Waals surface area contributed by atoms with Gasteiger partial charge in [0.1, 0.15) is 0 Å². The fraction of sp³-hybridized carbons (Fsp3) is 1.00. The van der Waals surface area contributed by atoms with Crippen LogP contribution in [0.3, 0.4) is 0 Å². The van der Waals surface area contributed by atoms with Crippen molar-refractivity contribution in [2.75, 3.05) is 25.6 Å². The Balaban J connectivity index is 0. The second-order valence-corrected chi connectivity index (χ2v) is 13.4. The largest absolute Gasteiger partial charge is 1.00 e. The molecule has 0 aromatic heterocycles. The van der Waals surface area contributed by atoms with Crippen LogP contribution in [0.2, 0.25) is 0 Å². The van der Waals surface area contributed by atoms with Gasteiger partial charge in [-0.15, -0.1) is 0 Å². The average Bonchev–Trinajstić information content (AvgIpc) is 2.68. The first-order valence-electron chi connectivity index (χ1n) is 12.6. The molecule has 1 nitrogen and oxygen atoms in total. The monoisotopic (exact) mass is 436 g/mol. The molecule has 0 bridgehead atoms. The van der Waals surface area contributed by atoms with Gasteiger partial charge < -0.3 is 17.1 Å². The quantitative estimate of drug-likeness (QED) is 0.151. The van der Waals surface area contributed by atoms with E-state index in [1.54, 1.807) is 0 Å². The molecule has 0 aliphatic heterocycles. The molecular weight excluding hydrogens is 383 g/mol. The highest BCUT2D eigenvalue weighted by Crippen LogP contribution is 2.62. The van der Waals surface area contributed by atoms with Crippen LogP contribution in [-0.4, -0.2) is 31.4 Å². The maximum absolute atomic E-state index is 6.56. The van der Waals surface area contributed by atoms with Gasteiger partial charge in [0.15, 0.2) is 5.85 Å². The van der Waals surface area contributed by atoms with Crippen LogP contribution < -0.4 is 12.4 Å². The third-order valence-electron chi connectivity index (χ3n) is 6.08. The van der Waals surface area contributed by atoms with Crippen LogP contribution in [0.4, 0.5) is 0 Å². The van der Waals surface area contributed by atoms with Crippen molar-refractivity contribution in [1.29, 1.82) is 0 Å². The first-order valence-corrected chi connectivity index (χ1v) is 15.3. The highest BCUT2D eigenvalue weighted by Gasteiger charge is 2.40. The molecule has 0 aliphatic rings. The molecule has 0 saturated heterocycles. The van der Waals surface area contributed by atoms with E-state index in [1.807, 2.05) is 0 Å². The number of rotatable bonds is 21. The summed E-state index contributed by atoms with van der Waals surface area (Å²) < 4.78 is 6.56. The van der Waals surface area contributed by atoms with E-state index in [9.17, 15) is 0 Å². The Morgan fingerprint density at radius 2 is 1.00 bits per heavy atom. The molecule has 0 fully saturated rings. The normalized spacial score (nSPS) is 12.8. The molecule has 0 saturated carbocycles. The summed E-state index contributed by atoms with van der Waals surface area (Å²) in [6.07, 6.45) is 25.0. The van der Waals surface area contributed by atoms with Crippen LogP contribution in [-0.2, 0) is 4.74 Å². The standard InChI is InChI=1S/C25H54OP.ClH/c1-6-10-13-14-15-16-17-18-19-20-22-26-25(21-9-4)27(5,23-11-7-2)24-12-8-3;/h25H,6-24H2,1-5H3;1H/q+1;/p-1. The molecule has 1 unspecified atom stereocenters. The van der Waals surface area contributed by atoms with Gasteiger partial charge in [0, 0.05) is 13.7 Å². The fourth-order valence-corrected chi connectivity index (χ4v) is 8.29. The van der Waals surface area contributed by atoms with Crippen molar-refractivity contribution in [3.8, 4) is 0 Å². The number of hydrogen-bond acceptors (Lipinski definition) is 1. The first-order chi connectivity index (χ1) is 13.1. The molecule has 0 radical (unpaired) electrons. The van der Waals surface area contributed by atoms with Gasteiger partial charge in [-0.3, -0.25) is 0 Å². The highest BCUT2D eigenvalue weighted by atomic mass is 35.5. The van der Waals surface area contributed by atoms with Gasteiger partial charge in [-0.05, 0) is 19.3 Å². The predicted molar refractivity (Wildman–Crippen MR) is 129 cm³/mol. The van der Waals surface area contributed by atoms with Gasteiger partial charge >= 0.3 is 0 Å². The Bertz CT molecular complexity index is 290. The molecule has 28 heavy (non-hydrogen) atoms. The molecule has 172 valence electrons. The predicted octanol–water partition coefficient (Wildman–Crippen LogP) is 6.30. The van der Waals surface area contributed by atoms with Crippen LogP contribution in [0.25, 0.3) is 0 Å². The summed E-state index contributed by atoms with van der Waals surface area (Å²) in [5, 5.41) is 0. The Kier molecular flexibility index (Phi) is 24.7. The summed E-state index contributed by atoms with van der Waals surface area (Å²) in [7, 11) is -0.931.